The van der Waals surface area contributed by atoms with Crippen molar-refractivity contribution in [1.29, 1.82) is 0 Å². The van der Waals surface area contributed by atoms with Gasteiger partial charge in [-0.05, 0) is 44.4 Å². The molecule has 2 rings (SSSR count). The zero-order valence-electron chi connectivity index (χ0n) is 11.4. The molecule has 1 aliphatic rings. The predicted molar refractivity (Wildman–Crippen MR) is 73.3 cm³/mol. The molecule has 0 heterocycles. The minimum absolute atomic E-state index is 0.121. The molecule has 2 nitrogen and oxygen atoms in total. The third kappa shape index (κ3) is 2.26. The monoisotopic (exact) mass is 244 g/mol. The molecule has 0 atom stereocenters. The van der Waals surface area contributed by atoms with Crippen molar-refractivity contribution >= 4 is 0 Å². The van der Waals surface area contributed by atoms with Crippen molar-refractivity contribution in [2.45, 2.75) is 39.4 Å². The first-order chi connectivity index (χ1) is 8.30. The molecule has 96 valence electrons. The van der Waals surface area contributed by atoms with E-state index in [0.717, 1.165) is 0 Å². The Morgan fingerprint density at radius 2 is 1.28 bits per heavy atom. The van der Waals surface area contributed by atoms with Crippen LogP contribution in [0.4, 0.5) is 0 Å². The van der Waals surface area contributed by atoms with Gasteiger partial charge in [-0.15, -0.1) is 0 Å². The molecule has 0 radical (unpaired) electrons. The van der Waals surface area contributed by atoms with E-state index in [4.69, 9.17) is 0 Å². The number of aryl methyl sites for hydroxylation is 2. The highest BCUT2D eigenvalue weighted by molar-refractivity contribution is 5.43. The first kappa shape index (κ1) is 13.1. The lowest BCUT2D eigenvalue weighted by molar-refractivity contribution is -0.0960. The minimum atomic E-state index is -1.78. The molecule has 2 N–H and O–H groups in total. The third-order valence-corrected chi connectivity index (χ3v) is 3.59. The summed E-state index contributed by atoms with van der Waals surface area (Å²) in [6, 6.07) is 6.43. The van der Waals surface area contributed by atoms with Gasteiger partial charge in [0, 0.05) is 5.92 Å². The van der Waals surface area contributed by atoms with Crippen LogP contribution in [0.5, 0.6) is 0 Å². The molecule has 2 heteroatoms. The molecule has 0 saturated heterocycles. The number of allylic oxidation sites excluding steroid dienone is 2. The van der Waals surface area contributed by atoms with Crippen LogP contribution in [0.15, 0.2) is 41.5 Å². The SMILES string of the molecule is CC1=CC(c2cc(C)cc(C)c2)C=C(C)C1(O)O. The van der Waals surface area contributed by atoms with Crippen molar-refractivity contribution in [1.82, 2.24) is 0 Å². The minimum Gasteiger partial charge on any atom is -0.359 e. The summed E-state index contributed by atoms with van der Waals surface area (Å²) in [6.07, 6.45) is 3.84. The Hall–Kier alpha value is -1.38. The molecule has 0 bridgehead atoms. The predicted octanol–water partition coefficient (Wildman–Crippen LogP) is 2.97. The maximum absolute atomic E-state index is 9.90. The Kier molecular flexibility index (Phi) is 3.18. The smallest absolute Gasteiger partial charge is 0.208 e. The lowest BCUT2D eigenvalue weighted by Gasteiger charge is -2.30. The van der Waals surface area contributed by atoms with Gasteiger partial charge in [0.25, 0.3) is 0 Å². The quantitative estimate of drug-likeness (QED) is 0.589. The number of aliphatic hydroxyl groups is 2. The summed E-state index contributed by atoms with van der Waals surface area (Å²) in [5.74, 6) is -1.66. The third-order valence-electron chi connectivity index (χ3n) is 3.59. The summed E-state index contributed by atoms with van der Waals surface area (Å²) in [5, 5.41) is 19.8. The summed E-state index contributed by atoms with van der Waals surface area (Å²) in [5.41, 5.74) is 4.83. The van der Waals surface area contributed by atoms with Gasteiger partial charge in [0.1, 0.15) is 0 Å². The molecule has 1 aromatic rings. The second kappa shape index (κ2) is 4.38. The number of hydrogen-bond acceptors (Lipinski definition) is 2. The number of benzene rings is 1. The zero-order valence-corrected chi connectivity index (χ0v) is 11.4. The number of rotatable bonds is 1. The van der Waals surface area contributed by atoms with Crippen LogP contribution in [-0.4, -0.2) is 16.0 Å². The molecule has 1 aromatic carbocycles. The Bertz CT molecular complexity index is 494. The Morgan fingerprint density at radius 1 is 0.833 bits per heavy atom. The van der Waals surface area contributed by atoms with E-state index in [-0.39, 0.29) is 5.92 Å². The van der Waals surface area contributed by atoms with Crippen LogP contribution in [0.2, 0.25) is 0 Å². The van der Waals surface area contributed by atoms with E-state index in [1.165, 1.54) is 16.7 Å². The molecule has 0 saturated carbocycles. The topological polar surface area (TPSA) is 40.5 Å². The Balaban J connectivity index is 2.45. The second-order valence-electron chi connectivity index (χ2n) is 5.32. The van der Waals surface area contributed by atoms with Crippen LogP contribution >= 0.6 is 0 Å². The second-order valence-corrected chi connectivity index (χ2v) is 5.32. The van der Waals surface area contributed by atoms with Gasteiger partial charge in [-0.3, -0.25) is 0 Å². The molecule has 0 aliphatic heterocycles. The number of hydrogen-bond donors (Lipinski definition) is 2. The van der Waals surface area contributed by atoms with Crippen LogP contribution in [0, 0.1) is 13.8 Å². The van der Waals surface area contributed by atoms with Crippen molar-refractivity contribution < 1.29 is 10.2 Å². The van der Waals surface area contributed by atoms with Crippen molar-refractivity contribution in [2.24, 2.45) is 0 Å². The van der Waals surface area contributed by atoms with Gasteiger partial charge in [0.15, 0.2) is 0 Å². The average molecular weight is 244 g/mol. The highest BCUT2D eigenvalue weighted by atomic mass is 16.5. The fourth-order valence-corrected chi connectivity index (χ4v) is 2.52. The molecule has 0 amide bonds. The first-order valence-electron chi connectivity index (χ1n) is 6.21. The van der Waals surface area contributed by atoms with Crippen molar-refractivity contribution in [2.75, 3.05) is 0 Å². The van der Waals surface area contributed by atoms with Gasteiger partial charge in [0.2, 0.25) is 5.79 Å². The van der Waals surface area contributed by atoms with Crippen molar-refractivity contribution in [3.05, 3.63) is 58.2 Å². The van der Waals surface area contributed by atoms with Crippen LogP contribution in [0.25, 0.3) is 0 Å². The lowest BCUT2D eigenvalue weighted by Crippen LogP contribution is -2.33. The molecule has 0 spiro atoms. The van der Waals surface area contributed by atoms with Gasteiger partial charge in [-0.25, -0.2) is 0 Å². The van der Waals surface area contributed by atoms with Gasteiger partial charge >= 0.3 is 0 Å². The van der Waals surface area contributed by atoms with Crippen molar-refractivity contribution in [3.8, 4) is 0 Å². The Labute approximate surface area is 108 Å². The van der Waals surface area contributed by atoms with Crippen LogP contribution in [-0.2, 0) is 0 Å². The van der Waals surface area contributed by atoms with Gasteiger partial charge in [-0.1, -0.05) is 41.5 Å². The summed E-state index contributed by atoms with van der Waals surface area (Å²) in [4.78, 5) is 0. The zero-order chi connectivity index (χ0) is 13.5. The van der Waals surface area contributed by atoms with E-state index in [9.17, 15) is 10.2 Å². The highest BCUT2D eigenvalue weighted by Gasteiger charge is 2.32. The molecular formula is C16H20O2. The normalized spacial score (nSPS) is 19.4. The van der Waals surface area contributed by atoms with E-state index in [1.807, 2.05) is 12.2 Å². The summed E-state index contributed by atoms with van der Waals surface area (Å²) < 4.78 is 0. The summed E-state index contributed by atoms with van der Waals surface area (Å²) >= 11 is 0. The first-order valence-corrected chi connectivity index (χ1v) is 6.21. The van der Waals surface area contributed by atoms with E-state index >= 15 is 0 Å². The van der Waals surface area contributed by atoms with E-state index in [1.54, 1.807) is 13.8 Å². The molecule has 0 fully saturated rings. The Morgan fingerprint density at radius 3 is 1.72 bits per heavy atom. The molecule has 1 aliphatic carbocycles. The maximum atomic E-state index is 9.90. The lowest BCUT2D eigenvalue weighted by atomic mass is 9.83. The van der Waals surface area contributed by atoms with Crippen LogP contribution < -0.4 is 0 Å². The summed E-state index contributed by atoms with van der Waals surface area (Å²) in [7, 11) is 0. The molecule has 0 unspecified atom stereocenters. The fourth-order valence-electron chi connectivity index (χ4n) is 2.52. The van der Waals surface area contributed by atoms with Crippen molar-refractivity contribution in [3.63, 3.8) is 0 Å². The largest absolute Gasteiger partial charge is 0.359 e. The molecular weight excluding hydrogens is 224 g/mol. The molecule has 0 aromatic heterocycles. The summed E-state index contributed by atoms with van der Waals surface area (Å²) in [6.45, 7) is 7.67. The standard InChI is InChI=1S/C16H20O2/c1-10-5-11(2)7-14(6-10)15-8-12(3)16(17,18)13(4)9-15/h5-9,15,17-18H,1-4H3. The average Bonchev–Trinajstić information content (AvgIpc) is 2.24. The highest BCUT2D eigenvalue weighted by Crippen LogP contribution is 2.35. The van der Waals surface area contributed by atoms with Crippen LogP contribution in [0.1, 0.15) is 36.5 Å². The van der Waals surface area contributed by atoms with Gasteiger partial charge in [-0.2, -0.15) is 0 Å². The van der Waals surface area contributed by atoms with E-state index in [2.05, 4.69) is 32.0 Å². The maximum Gasteiger partial charge on any atom is 0.208 e. The van der Waals surface area contributed by atoms with Gasteiger partial charge in [0.05, 0.1) is 0 Å². The van der Waals surface area contributed by atoms with Crippen LogP contribution in [0.3, 0.4) is 0 Å². The van der Waals surface area contributed by atoms with Gasteiger partial charge < -0.3 is 10.2 Å². The van der Waals surface area contributed by atoms with E-state index in [0.29, 0.717) is 11.1 Å². The van der Waals surface area contributed by atoms with E-state index < -0.39 is 5.79 Å². The fraction of sp³-hybridized carbons (Fsp3) is 0.375. The molecule has 18 heavy (non-hydrogen) atoms.